The van der Waals surface area contributed by atoms with Crippen LogP contribution in [0.4, 0.5) is 15.9 Å². The molecule has 218 valence electrons. The molecule has 11 heteroatoms. The average Bonchev–Trinajstić information content (AvgIpc) is 2.95. The topological polar surface area (TPSA) is 124 Å². The molecule has 0 saturated carbocycles. The third-order valence-electron chi connectivity index (χ3n) is 6.70. The second-order valence-corrected chi connectivity index (χ2v) is 11.1. The van der Waals surface area contributed by atoms with Crippen LogP contribution in [0.1, 0.15) is 52.6 Å². The Morgan fingerprint density at radius 1 is 1.00 bits per heavy atom. The summed E-state index contributed by atoms with van der Waals surface area (Å²) in [6, 6.07) is 13.5. The van der Waals surface area contributed by atoms with E-state index in [-0.39, 0.29) is 22.6 Å². The molecule has 2 aromatic carbocycles. The molecule has 10 nitrogen and oxygen atoms in total. The molecule has 0 saturated heterocycles. The number of carbonyl (C=O) groups excluding carboxylic acids is 4. The second kappa shape index (κ2) is 11.8. The highest BCUT2D eigenvalue weighted by Gasteiger charge is 2.27. The minimum atomic E-state index is -0.863. The van der Waals surface area contributed by atoms with Crippen LogP contribution in [0.2, 0.25) is 0 Å². The van der Waals surface area contributed by atoms with E-state index >= 15 is 0 Å². The van der Waals surface area contributed by atoms with Crippen molar-refractivity contribution in [2.75, 3.05) is 31.8 Å². The van der Waals surface area contributed by atoms with Crippen molar-refractivity contribution in [3.05, 3.63) is 94.9 Å². The first-order valence-corrected chi connectivity index (χ1v) is 13.2. The van der Waals surface area contributed by atoms with E-state index in [0.29, 0.717) is 22.6 Å². The number of rotatable bonds is 7. The van der Waals surface area contributed by atoms with Crippen LogP contribution in [0, 0.1) is 5.82 Å². The number of likely N-dealkylation sites (N-methyl/N-ethyl adjacent to an activating group) is 1. The molecule has 1 aliphatic rings. The molecular weight excluding hydrogens is 539 g/mol. The van der Waals surface area contributed by atoms with E-state index in [1.165, 1.54) is 54.5 Å². The first-order valence-electron chi connectivity index (χ1n) is 13.2. The van der Waals surface area contributed by atoms with Crippen LogP contribution in [0.15, 0.2) is 66.9 Å². The number of benzene rings is 2. The molecule has 3 N–H and O–H groups in total. The number of halogens is 1. The third kappa shape index (κ3) is 6.63. The van der Waals surface area contributed by atoms with Crippen molar-refractivity contribution in [1.29, 1.82) is 0 Å². The molecule has 3 amide bonds. The van der Waals surface area contributed by atoms with Crippen molar-refractivity contribution >= 4 is 40.7 Å². The van der Waals surface area contributed by atoms with E-state index in [0.717, 1.165) is 5.56 Å². The van der Waals surface area contributed by atoms with Gasteiger partial charge in [0, 0.05) is 44.0 Å². The number of hydrazine groups is 1. The molecule has 1 atom stereocenters. The van der Waals surface area contributed by atoms with Gasteiger partial charge in [-0.25, -0.2) is 9.37 Å². The van der Waals surface area contributed by atoms with Gasteiger partial charge in [-0.1, -0.05) is 32.9 Å². The van der Waals surface area contributed by atoms with Crippen LogP contribution in [0.3, 0.4) is 0 Å². The van der Waals surface area contributed by atoms with Gasteiger partial charge >= 0.3 is 0 Å². The highest BCUT2D eigenvalue weighted by atomic mass is 19.1. The maximum absolute atomic E-state index is 14.8. The summed E-state index contributed by atoms with van der Waals surface area (Å²) in [6.45, 7) is 6.23. The second-order valence-electron chi connectivity index (χ2n) is 11.1. The van der Waals surface area contributed by atoms with Gasteiger partial charge in [0.15, 0.2) is 0 Å². The van der Waals surface area contributed by atoms with Crippen molar-refractivity contribution in [2.45, 2.75) is 32.2 Å². The van der Waals surface area contributed by atoms with E-state index in [9.17, 15) is 23.6 Å². The van der Waals surface area contributed by atoms with Crippen molar-refractivity contribution < 1.29 is 23.6 Å². The number of amides is 3. The SMILES string of the molecule is CN(C)C(=O)C(=O)c1ccc(NC2C=C(c3ccc(F)c(NC(=O)c4ccc(C(C)(C)C)cc4)c3)N(C)NC2=O)nc1. The summed E-state index contributed by atoms with van der Waals surface area (Å²) < 4.78 is 14.8. The lowest BCUT2D eigenvalue weighted by Gasteiger charge is -2.31. The number of nitrogens with one attached hydrogen (secondary N) is 3. The van der Waals surface area contributed by atoms with Gasteiger partial charge in [0.1, 0.15) is 17.7 Å². The number of hydrogen-bond acceptors (Lipinski definition) is 7. The van der Waals surface area contributed by atoms with Crippen molar-refractivity contribution in [1.82, 2.24) is 20.3 Å². The zero-order chi connectivity index (χ0) is 30.8. The van der Waals surface area contributed by atoms with Gasteiger partial charge in [-0.2, -0.15) is 0 Å². The Morgan fingerprint density at radius 2 is 1.67 bits per heavy atom. The molecular formula is C31H33FN6O4. The van der Waals surface area contributed by atoms with E-state index in [4.69, 9.17) is 0 Å². The van der Waals surface area contributed by atoms with Gasteiger partial charge in [0.2, 0.25) is 0 Å². The number of hydrogen-bond donors (Lipinski definition) is 3. The summed E-state index contributed by atoms with van der Waals surface area (Å²) in [5.74, 6) is -2.50. The summed E-state index contributed by atoms with van der Waals surface area (Å²) in [6.07, 6.45) is 2.90. The molecule has 3 aromatic rings. The Kier molecular flexibility index (Phi) is 8.41. The van der Waals surface area contributed by atoms with Crippen LogP contribution in [-0.2, 0) is 15.0 Å². The summed E-state index contributed by atoms with van der Waals surface area (Å²) in [4.78, 5) is 55.1. The van der Waals surface area contributed by atoms with Crippen molar-refractivity contribution in [2.24, 2.45) is 0 Å². The normalized spacial score (nSPS) is 14.9. The van der Waals surface area contributed by atoms with Crippen LogP contribution in [-0.4, -0.2) is 65.6 Å². The quantitative estimate of drug-likeness (QED) is 0.290. The Labute approximate surface area is 243 Å². The average molecular weight is 573 g/mol. The fourth-order valence-corrected chi connectivity index (χ4v) is 4.23. The lowest BCUT2D eigenvalue weighted by Crippen LogP contribution is -2.50. The van der Waals surface area contributed by atoms with E-state index in [2.05, 4.69) is 41.8 Å². The zero-order valence-corrected chi connectivity index (χ0v) is 24.3. The molecule has 1 aromatic heterocycles. The number of ketones is 1. The van der Waals surface area contributed by atoms with Gasteiger partial charge in [0.25, 0.3) is 23.5 Å². The first-order chi connectivity index (χ1) is 19.7. The van der Waals surface area contributed by atoms with Crippen LogP contribution < -0.4 is 16.1 Å². The molecule has 0 radical (unpaired) electrons. The number of aromatic nitrogens is 1. The fourth-order valence-electron chi connectivity index (χ4n) is 4.23. The fraction of sp³-hybridized carbons (Fsp3) is 0.258. The van der Waals surface area contributed by atoms with Crippen LogP contribution in [0.5, 0.6) is 0 Å². The number of nitrogens with zero attached hydrogens (tertiary/aromatic N) is 3. The zero-order valence-electron chi connectivity index (χ0n) is 24.3. The van der Waals surface area contributed by atoms with Crippen LogP contribution in [0.25, 0.3) is 5.70 Å². The summed E-state index contributed by atoms with van der Waals surface area (Å²) >= 11 is 0. The Morgan fingerprint density at radius 3 is 2.26 bits per heavy atom. The summed E-state index contributed by atoms with van der Waals surface area (Å²) in [5.41, 5.74) is 5.31. The minimum absolute atomic E-state index is 0.0118. The molecule has 1 unspecified atom stereocenters. The Bertz CT molecular complexity index is 1560. The van der Waals surface area contributed by atoms with Gasteiger partial charge in [-0.15, -0.1) is 0 Å². The lowest BCUT2D eigenvalue weighted by molar-refractivity contribution is -0.125. The molecule has 0 fully saturated rings. The lowest BCUT2D eigenvalue weighted by atomic mass is 9.87. The number of Topliss-reactive ketones (excluding diaryl/α,β-unsaturated/α-hetero) is 1. The Balaban J connectivity index is 1.53. The van der Waals surface area contributed by atoms with Crippen LogP contribution >= 0.6 is 0 Å². The predicted molar refractivity (Wildman–Crippen MR) is 158 cm³/mol. The highest BCUT2D eigenvalue weighted by molar-refractivity contribution is 6.42. The monoisotopic (exact) mass is 572 g/mol. The van der Waals surface area contributed by atoms with E-state index < -0.39 is 29.5 Å². The molecule has 4 rings (SSSR count). The van der Waals surface area contributed by atoms with Crippen molar-refractivity contribution in [3.63, 3.8) is 0 Å². The highest BCUT2D eigenvalue weighted by Crippen LogP contribution is 2.27. The smallest absolute Gasteiger partial charge is 0.294 e. The van der Waals surface area contributed by atoms with Gasteiger partial charge < -0.3 is 15.5 Å². The standard InChI is InChI=1S/C31H33FN6O4/c1-31(2,3)21-11-7-18(8-12-21)28(40)35-23-15-19(9-13-22(23)32)25-16-24(29(41)36-38(25)6)34-26-14-10-20(17-33-26)27(39)30(42)37(4)5/h7-17,24H,1-6H3,(H,33,34)(H,35,40)(H,36,41). The van der Waals surface area contributed by atoms with Crippen molar-refractivity contribution in [3.8, 4) is 0 Å². The first kappa shape index (κ1) is 29.9. The predicted octanol–water partition coefficient (Wildman–Crippen LogP) is 3.84. The largest absolute Gasteiger partial charge is 0.355 e. The number of anilines is 2. The molecule has 42 heavy (non-hydrogen) atoms. The number of pyridine rings is 1. The molecule has 0 bridgehead atoms. The molecule has 1 aliphatic heterocycles. The number of carbonyl (C=O) groups is 4. The summed E-state index contributed by atoms with van der Waals surface area (Å²) in [5, 5.41) is 7.12. The van der Waals surface area contributed by atoms with E-state index in [1.807, 2.05) is 12.1 Å². The van der Waals surface area contributed by atoms with Gasteiger partial charge in [-0.05, 0) is 59.5 Å². The minimum Gasteiger partial charge on any atom is -0.355 e. The maximum atomic E-state index is 14.8. The van der Waals surface area contributed by atoms with Gasteiger partial charge in [-0.3, -0.25) is 29.6 Å². The van der Waals surface area contributed by atoms with E-state index in [1.54, 1.807) is 31.3 Å². The van der Waals surface area contributed by atoms with Gasteiger partial charge in [0.05, 0.1) is 11.4 Å². The Hall–Kier alpha value is -5.06. The maximum Gasteiger partial charge on any atom is 0.294 e. The molecule has 2 heterocycles. The molecule has 0 spiro atoms. The third-order valence-corrected chi connectivity index (χ3v) is 6.70. The summed E-state index contributed by atoms with van der Waals surface area (Å²) in [7, 11) is 4.60. The molecule has 0 aliphatic carbocycles.